The first-order valence-electron chi connectivity index (χ1n) is 8.47. The molecule has 1 aromatic carbocycles. The average molecular weight is 304 g/mol. The van der Waals surface area contributed by atoms with E-state index in [2.05, 4.69) is 5.32 Å². The first kappa shape index (κ1) is 15.5. The van der Waals surface area contributed by atoms with Crippen molar-refractivity contribution < 1.29 is 9.18 Å². The first-order valence-corrected chi connectivity index (χ1v) is 8.47. The summed E-state index contributed by atoms with van der Waals surface area (Å²) in [5.41, 5.74) is 0.629. The second-order valence-electron chi connectivity index (χ2n) is 6.58. The van der Waals surface area contributed by atoms with Crippen LogP contribution in [-0.4, -0.2) is 29.9 Å². The van der Waals surface area contributed by atoms with Crippen LogP contribution in [0.2, 0.25) is 0 Å². The second-order valence-corrected chi connectivity index (χ2v) is 6.58. The third-order valence-electron chi connectivity index (χ3n) is 4.83. The smallest absolute Gasteiger partial charge is 0.223 e. The molecule has 1 amide bonds. The predicted octanol–water partition coefficient (Wildman–Crippen LogP) is 3.10. The van der Waals surface area contributed by atoms with Crippen LogP contribution in [0.25, 0.3) is 0 Å². The number of carbonyl (C=O) groups is 1. The van der Waals surface area contributed by atoms with E-state index in [9.17, 15) is 9.18 Å². The molecule has 0 atom stereocenters. The van der Waals surface area contributed by atoms with Gasteiger partial charge >= 0.3 is 0 Å². The molecule has 22 heavy (non-hydrogen) atoms. The molecule has 120 valence electrons. The minimum Gasteiger partial charge on any atom is -0.335 e. The molecular weight excluding hydrogens is 279 g/mol. The second kappa shape index (κ2) is 7.23. The summed E-state index contributed by atoms with van der Waals surface area (Å²) in [6.45, 7) is 2.56. The highest BCUT2D eigenvalue weighted by Crippen LogP contribution is 2.30. The Bertz CT molecular complexity index is 510. The Balaban J connectivity index is 1.56. The van der Waals surface area contributed by atoms with Crippen LogP contribution >= 0.6 is 0 Å². The topological polar surface area (TPSA) is 32.3 Å². The van der Waals surface area contributed by atoms with Gasteiger partial charge in [-0.15, -0.1) is 0 Å². The lowest BCUT2D eigenvalue weighted by molar-refractivity contribution is -0.132. The molecular formula is C18H25FN2O. The van der Waals surface area contributed by atoms with Gasteiger partial charge in [-0.05, 0) is 57.2 Å². The van der Waals surface area contributed by atoms with Crippen LogP contribution in [-0.2, 0) is 11.3 Å². The Labute approximate surface area is 131 Å². The highest BCUT2D eigenvalue weighted by molar-refractivity contribution is 5.76. The predicted molar refractivity (Wildman–Crippen MR) is 84.8 cm³/mol. The summed E-state index contributed by atoms with van der Waals surface area (Å²) in [5.74, 6) is 0.656. The van der Waals surface area contributed by atoms with Gasteiger partial charge in [0.2, 0.25) is 5.91 Å². The van der Waals surface area contributed by atoms with Crippen LogP contribution in [0.3, 0.4) is 0 Å². The van der Waals surface area contributed by atoms with E-state index in [0.29, 0.717) is 30.5 Å². The molecule has 1 saturated heterocycles. The van der Waals surface area contributed by atoms with E-state index in [4.69, 9.17) is 0 Å². The summed E-state index contributed by atoms with van der Waals surface area (Å²) >= 11 is 0. The van der Waals surface area contributed by atoms with E-state index in [1.165, 1.54) is 18.9 Å². The fourth-order valence-corrected chi connectivity index (χ4v) is 3.26. The van der Waals surface area contributed by atoms with Crippen molar-refractivity contribution in [3.05, 3.63) is 35.6 Å². The minimum absolute atomic E-state index is 0.198. The standard InChI is InChI=1S/C18H25FN2O/c19-17-4-2-1-3-15(17)13-21(16-6-7-16)18(22)8-5-14-9-11-20-12-10-14/h1-4,14,16,20H,5-13H2. The number of nitrogens with zero attached hydrogens (tertiary/aromatic N) is 1. The Morgan fingerprint density at radius 1 is 1.18 bits per heavy atom. The Morgan fingerprint density at radius 2 is 1.91 bits per heavy atom. The summed E-state index contributed by atoms with van der Waals surface area (Å²) in [6, 6.07) is 7.12. The zero-order valence-electron chi connectivity index (χ0n) is 13.1. The Morgan fingerprint density at radius 3 is 2.59 bits per heavy atom. The largest absolute Gasteiger partial charge is 0.335 e. The van der Waals surface area contributed by atoms with Gasteiger partial charge in [0, 0.05) is 24.6 Å². The van der Waals surface area contributed by atoms with Crippen LogP contribution < -0.4 is 5.32 Å². The number of benzene rings is 1. The van der Waals surface area contributed by atoms with Crippen LogP contribution in [0.15, 0.2) is 24.3 Å². The summed E-state index contributed by atoms with van der Waals surface area (Å²) in [7, 11) is 0. The van der Waals surface area contributed by atoms with Gasteiger partial charge in [0.05, 0.1) is 0 Å². The van der Waals surface area contributed by atoms with Crippen LogP contribution in [0.1, 0.15) is 44.1 Å². The maximum atomic E-state index is 13.8. The normalized spacial score (nSPS) is 19.1. The SMILES string of the molecule is O=C(CCC1CCNCC1)N(Cc1ccccc1F)C1CC1. The molecule has 3 rings (SSSR count). The van der Waals surface area contributed by atoms with Crippen molar-refractivity contribution in [2.75, 3.05) is 13.1 Å². The van der Waals surface area contributed by atoms with Crippen molar-refractivity contribution in [3.63, 3.8) is 0 Å². The molecule has 1 heterocycles. The van der Waals surface area contributed by atoms with Crippen molar-refractivity contribution in [3.8, 4) is 0 Å². The quantitative estimate of drug-likeness (QED) is 0.876. The molecule has 0 aromatic heterocycles. The number of hydrogen-bond acceptors (Lipinski definition) is 2. The van der Waals surface area contributed by atoms with Gasteiger partial charge in [-0.2, -0.15) is 0 Å². The van der Waals surface area contributed by atoms with Gasteiger partial charge in [0.1, 0.15) is 5.82 Å². The molecule has 0 unspecified atom stereocenters. The third kappa shape index (κ3) is 4.07. The van der Waals surface area contributed by atoms with Gasteiger partial charge in [-0.3, -0.25) is 4.79 Å². The fourth-order valence-electron chi connectivity index (χ4n) is 3.26. The van der Waals surface area contributed by atoms with Crippen molar-refractivity contribution in [1.29, 1.82) is 0 Å². The summed E-state index contributed by atoms with van der Waals surface area (Å²) in [5, 5.41) is 3.36. The Kier molecular flexibility index (Phi) is 5.08. The molecule has 0 bridgehead atoms. The zero-order valence-corrected chi connectivity index (χ0v) is 13.1. The van der Waals surface area contributed by atoms with Gasteiger partial charge in [0.25, 0.3) is 0 Å². The van der Waals surface area contributed by atoms with E-state index in [1.807, 2.05) is 11.0 Å². The van der Waals surface area contributed by atoms with Crippen molar-refractivity contribution in [2.45, 2.75) is 51.1 Å². The number of amides is 1. The molecule has 0 radical (unpaired) electrons. The van der Waals surface area contributed by atoms with Gasteiger partial charge in [0.15, 0.2) is 0 Å². The zero-order chi connectivity index (χ0) is 15.4. The van der Waals surface area contributed by atoms with E-state index in [-0.39, 0.29) is 11.7 Å². The monoisotopic (exact) mass is 304 g/mol. The number of halogens is 1. The maximum absolute atomic E-state index is 13.8. The van der Waals surface area contributed by atoms with Gasteiger partial charge < -0.3 is 10.2 Å². The van der Waals surface area contributed by atoms with Crippen molar-refractivity contribution in [1.82, 2.24) is 10.2 Å². The summed E-state index contributed by atoms with van der Waals surface area (Å²) < 4.78 is 13.8. The number of piperidine rings is 1. The average Bonchev–Trinajstić information content (AvgIpc) is 3.37. The molecule has 4 heteroatoms. The van der Waals surface area contributed by atoms with E-state index >= 15 is 0 Å². The molecule has 2 aliphatic rings. The number of nitrogens with one attached hydrogen (secondary N) is 1. The van der Waals surface area contributed by atoms with Crippen LogP contribution in [0.5, 0.6) is 0 Å². The fraction of sp³-hybridized carbons (Fsp3) is 0.611. The number of hydrogen-bond donors (Lipinski definition) is 1. The molecule has 1 N–H and O–H groups in total. The summed E-state index contributed by atoms with van der Waals surface area (Å²) in [4.78, 5) is 14.5. The van der Waals surface area contributed by atoms with Crippen molar-refractivity contribution in [2.24, 2.45) is 5.92 Å². The van der Waals surface area contributed by atoms with Gasteiger partial charge in [-0.25, -0.2) is 4.39 Å². The molecule has 1 aliphatic heterocycles. The molecule has 1 aromatic rings. The first-order chi connectivity index (χ1) is 10.7. The highest BCUT2D eigenvalue weighted by atomic mass is 19.1. The van der Waals surface area contributed by atoms with E-state index in [1.54, 1.807) is 12.1 Å². The number of carbonyl (C=O) groups excluding carboxylic acids is 1. The molecule has 0 spiro atoms. The molecule has 2 fully saturated rings. The lowest BCUT2D eigenvalue weighted by Crippen LogP contribution is -2.34. The molecule has 1 aliphatic carbocycles. The van der Waals surface area contributed by atoms with Crippen molar-refractivity contribution >= 4 is 5.91 Å². The summed E-state index contributed by atoms with van der Waals surface area (Å²) in [6.07, 6.45) is 6.05. The lowest BCUT2D eigenvalue weighted by atomic mass is 9.93. The van der Waals surface area contributed by atoms with E-state index < -0.39 is 0 Å². The minimum atomic E-state index is -0.209. The Hall–Kier alpha value is -1.42. The van der Waals surface area contributed by atoms with Crippen LogP contribution in [0.4, 0.5) is 4.39 Å². The van der Waals surface area contributed by atoms with Crippen LogP contribution in [0, 0.1) is 11.7 Å². The highest BCUT2D eigenvalue weighted by Gasteiger charge is 2.33. The van der Waals surface area contributed by atoms with E-state index in [0.717, 1.165) is 32.4 Å². The molecule has 3 nitrogen and oxygen atoms in total. The number of rotatable bonds is 6. The molecule has 1 saturated carbocycles. The van der Waals surface area contributed by atoms with Gasteiger partial charge in [-0.1, -0.05) is 18.2 Å². The third-order valence-corrected chi connectivity index (χ3v) is 4.83. The lowest BCUT2D eigenvalue weighted by Gasteiger charge is -2.26. The maximum Gasteiger partial charge on any atom is 0.223 e.